The lowest BCUT2D eigenvalue weighted by molar-refractivity contribution is 0.0698. The molecule has 0 fully saturated rings. The van der Waals surface area contributed by atoms with Crippen LogP contribution in [0.5, 0.6) is 0 Å². The van der Waals surface area contributed by atoms with Crippen LogP contribution in [-0.2, 0) is 10.0 Å². The molecule has 0 saturated heterocycles. The maximum Gasteiger partial charge on any atom is 0.337 e. The van der Waals surface area contributed by atoms with Gasteiger partial charge in [-0.05, 0) is 26.0 Å². The molecule has 25 heavy (non-hydrogen) atoms. The number of carboxylic acid groups (broad SMARTS) is 1. The van der Waals surface area contributed by atoms with Crippen molar-refractivity contribution >= 4 is 27.6 Å². The number of nitrogens with zero attached hydrogens (tertiary/aromatic N) is 1. The van der Waals surface area contributed by atoms with E-state index in [9.17, 15) is 23.1 Å². The van der Waals surface area contributed by atoms with Crippen molar-refractivity contribution in [3.63, 3.8) is 0 Å². The Morgan fingerprint density at radius 3 is 2.36 bits per heavy atom. The van der Waals surface area contributed by atoms with Crippen LogP contribution in [0.2, 0.25) is 0 Å². The normalized spacial score (nSPS) is 11.6. The van der Waals surface area contributed by atoms with Crippen molar-refractivity contribution in [3.8, 4) is 0 Å². The van der Waals surface area contributed by atoms with Gasteiger partial charge in [-0.3, -0.25) is 4.79 Å². The molecule has 8 nitrogen and oxygen atoms in total. The van der Waals surface area contributed by atoms with E-state index >= 15 is 0 Å². The maximum absolute atomic E-state index is 12.3. The van der Waals surface area contributed by atoms with Crippen molar-refractivity contribution in [3.05, 3.63) is 46.9 Å². The molecule has 1 heterocycles. The van der Waals surface area contributed by atoms with Crippen LogP contribution in [-0.4, -0.2) is 43.8 Å². The second-order valence-electron chi connectivity index (χ2n) is 5.63. The first kappa shape index (κ1) is 18.7. The van der Waals surface area contributed by atoms with Gasteiger partial charge in [0, 0.05) is 20.2 Å². The Kier molecular flexibility index (Phi) is 5.00. The van der Waals surface area contributed by atoms with Gasteiger partial charge in [0.05, 0.1) is 11.3 Å². The number of aryl methyl sites for hydroxylation is 2. The van der Waals surface area contributed by atoms with Gasteiger partial charge in [-0.1, -0.05) is 11.6 Å². The zero-order valence-electron chi connectivity index (χ0n) is 14.2. The van der Waals surface area contributed by atoms with E-state index in [0.717, 1.165) is 15.9 Å². The van der Waals surface area contributed by atoms with E-state index in [2.05, 4.69) is 5.32 Å². The van der Waals surface area contributed by atoms with Gasteiger partial charge in [0.25, 0.3) is 5.91 Å². The summed E-state index contributed by atoms with van der Waals surface area (Å²) < 4.78 is 30.6. The average Bonchev–Trinajstić information content (AvgIpc) is 2.91. The van der Waals surface area contributed by atoms with E-state index in [1.165, 1.54) is 33.2 Å². The second kappa shape index (κ2) is 6.69. The number of hydrogen-bond donors (Lipinski definition) is 2. The molecular formula is C16H18N2O6S. The molecule has 0 aliphatic carbocycles. The Morgan fingerprint density at radius 2 is 1.80 bits per heavy atom. The molecule has 0 unspecified atom stereocenters. The van der Waals surface area contributed by atoms with Crippen LogP contribution in [0.1, 0.15) is 32.2 Å². The van der Waals surface area contributed by atoms with Crippen LogP contribution < -0.4 is 5.32 Å². The third-order valence-electron chi connectivity index (χ3n) is 3.51. The van der Waals surface area contributed by atoms with Crippen molar-refractivity contribution < 1.29 is 27.5 Å². The third-order valence-corrected chi connectivity index (χ3v) is 5.43. The molecule has 134 valence electrons. The SMILES string of the molecule is Cc1ccc(NC(=O)c2cc(S(=O)(=O)N(C)C)c(C)o2)c(C(=O)O)c1. The van der Waals surface area contributed by atoms with Gasteiger partial charge in [-0.25, -0.2) is 17.5 Å². The van der Waals surface area contributed by atoms with E-state index in [1.54, 1.807) is 13.0 Å². The van der Waals surface area contributed by atoms with Gasteiger partial charge in [-0.2, -0.15) is 0 Å². The molecule has 0 aliphatic rings. The molecule has 0 aliphatic heterocycles. The van der Waals surface area contributed by atoms with Crippen molar-refractivity contribution in [2.75, 3.05) is 19.4 Å². The first-order chi connectivity index (χ1) is 11.5. The second-order valence-corrected chi connectivity index (χ2v) is 7.75. The Bertz CT molecular complexity index is 944. The van der Waals surface area contributed by atoms with Crippen LogP contribution in [0, 0.1) is 13.8 Å². The van der Waals surface area contributed by atoms with E-state index in [0.29, 0.717) is 0 Å². The Labute approximate surface area is 145 Å². The number of amides is 1. The number of furan rings is 1. The highest BCUT2D eigenvalue weighted by Gasteiger charge is 2.26. The fraction of sp³-hybridized carbons (Fsp3) is 0.250. The minimum atomic E-state index is -3.75. The highest BCUT2D eigenvalue weighted by molar-refractivity contribution is 7.89. The van der Waals surface area contributed by atoms with Gasteiger partial charge in [0.15, 0.2) is 5.76 Å². The summed E-state index contributed by atoms with van der Waals surface area (Å²) in [5.74, 6) is -2.09. The van der Waals surface area contributed by atoms with Gasteiger partial charge < -0.3 is 14.8 Å². The number of carbonyl (C=O) groups is 2. The molecule has 2 aromatic rings. The van der Waals surface area contributed by atoms with E-state index in [-0.39, 0.29) is 27.7 Å². The van der Waals surface area contributed by atoms with Gasteiger partial charge in [0.2, 0.25) is 10.0 Å². The monoisotopic (exact) mass is 366 g/mol. The first-order valence-corrected chi connectivity index (χ1v) is 8.66. The average molecular weight is 366 g/mol. The van der Waals surface area contributed by atoms with Crippen LogP contribution in [0.25, 0.3) is 0 Å². The lowest BCUT2D eigenvalue weighted by atomic mass is 10.1. The smallest absolute Gasteiger partial charge is 0.337 e. The summed E-state index contributed by atoms with van der Waals surface area (Å²) in [5, 5.41) is 11.7. The van der Waals surface area contributed by atoms with Gasteiger partial charge >= 0.3 is 5.97 Å². The number of nitrogens with one attached hydrogen (secondary N) is 1. The number of carboxylic acids is 1. The van der Waals surface area contributed by atoms with Crippen LogP contribution in [0.15, 0.2) is 33.6 Å². The van der Waals surface area contributed by atoms with Gasteiger partial charge in [0.1, 0.15) is 10.7 Å². The largest absolute Gasteiger partial charge is 0.478 e. The standard InChI is InChI=1S/C16H18N2O6S/c1-9-5-6-12(11(7-9)16(20)21)17-15(19)13-8-14(10(2)24-13)25(22,23)18(3)4/h5-8H,1-4H3,(H,17,19)(H,20,21). The molecule has 2 rings (SSSR count). The van der Waals surface area contributed by atoms with Crippen LogP contribution >= 0.6 is 0 Å². The summed E-state index contributed by atoms with van der Waals surface area (Å²) in [6.45, 7) is 3.16. The van der Waals surface area contributed by atoms with E-state index in [1.807, 2.05) is 0 Å². The maximum atomic E-state index is 12.3. The summed E-state index contributed by atoms with van der Waals surface area (Å²) in [4.78, 5) is 23.5. The van der Waals surface area contributed by atoms with Crippen molar-refractivity contribution in [2.45, 2.75) is 18.7 Å². The number of sulfonamides is 1. The molecule has 0 spiro atoms. The van der Waals surface area contributed by atoms with Gasteiger partial charge in [-0.15, -0.1) is 0 Å². The van der Waals surface area contributed by atoms with Crippen molar-refractivity contribution in [1.82, 2.24) is 4.31 Å². The summed E-state index contributed by atoms with van der Waals surface area (Å²) in [6.07, 6.45) is 0. The molecule has 1 amide bonds. The van der Waals surface area contributed by atoms with E-state index < -0.39 is 21.9 Å². The Balaban J connectivity index is 2.37. The first-order valence-electron chi connectivity index (χ1n) is 7.22. The summed E-state index contributed by atoms with van der Waals surface area (Å²) in [6, 6.07) is 5.66. The number of hydrogen-bond acceptors (Lipinski definition) is 5. The number of rotatable bonds is 5. The molecule has 1 aromatic carbocycles. The van der Waals surface area contributed by atoms with Crippen molar-refractivity contribution in [2.24, 2.45) is 0 Å². The summed E-state index contributed by atoms with van der Waals surface area (Å²) in [7, 11) is -1.02. The third kappa shape index (κ3) is 3.72. The fourth-order valence-electron chi connectivity index (χ4n) is 2.16. The number of anilines is 1. The number of carbonyl (C=O) groups excluding carboxylic acids is 1. The quantitative estimate of drug-likeness (QED) is 0.837. The zero-order chi connectivity index (χ0) is 18.9. The minimum absolute atomic E-state index is 0.0706. The Hall–Kier alpha value is -2.65. The number of benzene rings is 1. The van der Waals surface area contributed by atoms with Crippen molar-refractivity contribution in [1.29, 1.82) is 0 Å². The van der Waals surface area contributed by atoms with Crippen LogP contribution in [0.4, 0.5) is 5.69 Å². The summed E-state index contributed by atoms with van der Waals surface area (Å²) >= 11 is 0. The zero-order valence-corrected chi connectivity index (χ0v) is 15.0. The van der Waals surface area contributed by atoms with Crippen LogP contribution in [0.3, 0.4) is 0 Å². The highest BCUT2D eigenvalue weighted by atomic mass is 32.2. The molecule has 9 heteroatoms. The molecule has 0 radical (unpaired) electrons. The lowest BCUT2D eigenvalue weighted by Gasteiger charge is -2.09. The predicted octanol–water partition coefficient (Wildman–Crippen LogP) is 2.10. The molecule has 0 bridgehead atoms. The fourth-order valence-corrected chi connectivity index (χ4v) is 3.21. The topological polar surface area (TPSA) is 117 Å². The van der Waals surface area contributed by atoms with E-state index in [4.69, 9.17) is 4.42 Å². The molecule has 2 N–H and O–H groups in total. The highest BCUT2D eigenvalue weighted by Crippen LogP contribution is 2.24. The number of aromatic carboxylic acids is 1. The lowest BCUT2D eigenvalue weighted by Crippen LogP contribution is -2.22. The molecule has 0 atom stereocenters. The predicted molar refractivity (Wildman–Crippen MR) is 90.4 cm³/mol. The Morgan fingerprint density at radius 1 is 1.16 bits per heavy atom. The molecular weight excluding hydrogens is 348 g/mol. The molecule has 1 aromatic heterocycles. The summed E-state index contributed by atoms with van der Waals surface area (Å²) in [5.41, 5.74) is 0.746. The minimum Gasteiger partial charge on any atom is -0.478 e. The molecule has 0 saturated carbocycles.